The van der Waals surface area contributed by atoms with Gasteiger partial charge in [0.05, 0.1) is 24.0 Å². The number of likely N-dealkylation sites (tertiary alicyclic amines) is 1. The fourth-order valence-electron chi connectivity index (χ4n) is 3.80. The Kier molecular flexibility index (Phi) is 5.71. The first-order valence-electron chi connectivity index (χ1n) is 9.55. The molecule has 0 N–H and O–H groups in total. The molecule has 1 aromatic heterocycles. The smallest absolute Gasteiger partial charge is 0.228 e. The molecule has 7 nitrogen and oxygen atoms in total. The molecular formula is C21H22BrN3O4. The third-order valence-electron chi connectivity index (χ3n) is 5.30. The lowest BCUT2D eigenvalue weighted by molar-refractivity contribution is -0.135. The lowest BCUT2D eigenvalue weighted by Gasteiger charge is -2.21. The van der Waals surface area contributed by atoms with Crippen LogP contribution >= 0.6 is 15.9 Å². The van der Waals surface area contributed by atoms with Gasteiger partial charge in [0.2, 0.25) is 17.7 Å². The second-order valence-electron chi connectivity index (χ2n) is 7.21. The number of nitrogens with zero attached hydrogens (tertiary/aromatic N) is 3. The summed E-state index contributed by atoms with van der Waals surface area (Å²) >= 11 is 3.43. The van der Waals surface area contributed by atoms with Gasteiger partial charge in [-0.2, -0.15) is 0 Å². The number of aromatic nitrogens is 1. The van der Waals surface area contributed by atoms with E-state index >= 15 is 0 Å². The minimum absolute atomic E-state index is 0.00920. The number of halogens is 1. The van der Waals surface area contributed by atoms with E-state index in [1.807, 2.05) is 36.4 Å². The van der Waals surface area contributed by atoms with Crippen molar-refractivity contribution in [2.24, 2.45) is 5.92 Å². The molecule has 0 radical (unpaired) electrons. The van der Waals surface area contributed by atoms with E-state index in [0.717, 1.165) is 16.6 Å². The highest BCUT2D eigenvalue weighted by atomic mass is 79.9. The van der Waals surface area contributed by atoms with Crippen LogP contribution in [0.1, 0.15) is 12.8 Å². The molecule has 2 amide bonds. The van der Waals surface area contributed by atoms with Crippen LogP contribution < -0.4 is 14.4 Å². The lowest BCUT2D eigenvalue weighted by Crippen LogP contribution is -2.37. The van der Waals surface area contributed by atoms with Gasteiger partial charge in [-0.1, -0.05) is 6.07 Å². The van der Waals surface area contributed by atoms with Crippen molar-refractivity contribution in [1.29, 1.82) is 0 Å². The molecule has 8 heteroatoms. The van der Waals surface area contributed by atoms with Gasteiger partial charge in [-0.15, -0.1) is 0 Å². The molecule has 2 unspecified atom stereocenters. The maximum absolute atomic E-state index is 13.0. The van der Waals surface area contributed by atoms with Gasteiger partial charge in [0.15, 0.2) is 0 Å². The number of methoxy groups -OCH3 is 1. The molecule has 2 aliphatic rings. The van der Waals surface area contributed by atoms with Crippen LogP contribution in [0.5, 0.6) is 11.6 Å². The number of carbonyl (C=O) groups is 2. The molecule has 1 aromatic carbocycles. The van der Waals surface area contributed by atoms with Crippen molar-refractivity contribution in [2.75, 3.05) is 31.6 Å². The zero-order chi connectivity index (χ0) is 20.4. The van der Waals surface area contributed by atoms with E-state index in [-0.39, 0.29) is 30.3 Å². The van der Waals surface area contributed by atoms with Crippen molar-refractivity contribution in [3.05, 3.63) is 47.1 Å². The molecule has 4 rings (SSSR count). The average Bonchev–Trinajstić information content (AvgIpc) is 3.36. The first kappa shape index (κ1) is 19.7. The lowest BCUT2D eigenvalue weighted by atomic mass is 10.1. The normalized spacial score (nSPS) is 21.5. The van der Waals surface area contributed by atoms with Crippen molar-refractivity contribution >= 4 is 33.4 Å². The van der Waals surface area contributed by atoms with Gasteiger partial charge in [0.25, 0.3) is 0 Å². The Hall–Kier alpha value is -2.61. The number of ether oxygens (including phenoxy) is 2. The SMILES string of the molecule is COc1cccc(N2CC(C(=O)N3CCC(Oc4ncccc4Br)C3)CC2=O)c1. The van der Waals surface area contributed by atoms with Crippen molar-refractivity contribution < 1.29 is 19.1 Å². The van der Waals surface area contributed by atoms with E-state index in [4.69, 9.17) is 9.47 Å². The molecular weight excluding hydrogens is 438 g/mol. The monoisotopic (exact) mass is 459 g/mol. The predicted octanol–water partition coefficient (Wildman–Crippen LogP) is 2.89. The number of hydrogen-bond acceptors (Lipinski definition) is 5. The Bertz CT molecular complexity index is 922. The maximum atomic E-state index is 13.0. The Morgan fingerprint density at radius 2 is 2.10 bits per heavy atom. The quantitative estimate of drug-likeness (QED) is 0.687. The molecule has 0 bridgehead atoms. The summed E-state index contributed by atoms with van der Waals surface area (Å²) in [6.45, 7) is 1.52. The minimum atomic E-state index is -0.339. The van der Waals surface area contributed by atoms with E-state index in [9.17, 15) is 9.59 Å². The number of rotatable bonds is 5. The standard InChI is InChI=1S/C21H22BrN3O4/c1-28-16-5-2-4-15(11-16)25-12-14(10-19(25)26)21(27)24-9-7-17(13-24)29-20-18(22)6-3-8-23-20/h2-6,8,11,14,17H,7,9-10,12-13H2,1H3. The summed E-state index contributed by atoms with van der Waals surface area (Å²) in [4.78, 5) is 33.2. The molecule has 2 aliphatic heterocycles. The highest BCUT2D eigenvalue weighted by molar-refractivity contribution is 9.10. The van der Waals surface area contributed by atoms with E-state index in [1.165, 1.54) is 0 Å². The molecule has 3 heterocycles. The number of hydrogen-bond donors (Lipinski definition) is 0. The van der Waals surface area contributed by atoms with Crippen LogP contribution in [-0.4, -0.2) is 54.5 Å². The molecule has 152 valence electrons. The summed E-state index contributed by atoms with van der Waals surface area (Å²) in [6, 6.07) is 11.0. The van der Waals surface area contributed by atoms with Crippen LogP contribution in [0.2, 0.25) is 0 Å². The van der Waals surface area contributed by atoms with Gasteiger partial charge in [-0.05, 0) is 40.2 Å². The zero-order valence-electron chi connectivity index (χ0n) is 16.1. The average molecular weight is 460 g/mol. The summed E-state index contributed by atoms with van der Waals surface area (Å²) in [6.07, 6.45) is 2.55. The van der Waals surface area contributed by atoms with Gasteiger partial charge in [0, 0.05) is 43.9 Å². The Morgan fingerprint density at radius 3 is 2.90 bits per heavy atom. The van der Waals surface area contributed by atoms with Crippen LogP contribution in [0.3, 0.4) is 0 Å². The van der Waals surface area contributed by atoms with Gasteiger partial charge < -0.3 is 19.3 Å². The number of benzene rings is 1. The number of pyridine rings is 1. The van der Waals surface area contributed by atoms with Crippen LogP contribution in [0.15, 0.2) is 47.1 Å². The first-order valence-corrected chi connectivity index (χ1v) is 10.3. The molecule has 2 fully saturated rings. The summed E-state index contributed by atoms with van der Waals surface area (Å²) in [7, 11) is 1.59. The van der Waals surface area contributed by atoms with Gasteiger partial charge in [-0.25, -0.2) is 4.98 Å². The summed E-state index contributed by atoms with van der Waals surface area (Å²) in [5.74, 6) is 0.849. The van der Waals surface area contributed by atoms with Crippen molar-refractivity contribution in [3.63, 3.8) is 0 Å². The largest absolute Gasteiger partial charge is 0.497 e. The molecule has 2 saturated heterocycles. The summed E-state index contributed by atoms with van der Waals surface area (Å²) < 4.78 is 12.0. The van der Waals surface area contributed by atoms with Gasteiger partial charge in [-0.3, -0.25) is 9.59 Å². The highest BCUT2D eigenvalue weighted by Crippen LogP contribution is 2.30. The number of carbonyl (C=O) groups excluding carboxylic acids is 2. The van der Waals surface area contributed by atoms with Crippen molar-refractivity contribution in [3.8, 4) is 11.6 Å². The van der Waals surface area contributed by atoms with Crippen LogP contribution in [0, 0.1) is 5.92 Å². The Balaban J connectivity index is 1.38. The number of anilines is 1. The summed E-state index contributed by atoms with van der Waals surface area (Å²) in [5, 5.41) is 0. The molecule has 0 spiro atoms. The second-order valence-corrected chi connectivity index (χ2v) is 8.06. The first-order chi connectivity index (χ1) is 14.0. The fraction of sp³-hybridized carbons (Fsp3) is 0.381. The molecule has 29 heavy (non-hydrogen) atoms. The van der Waals surface area contributed by atoms with E-state index in [2.05, 4.69) is 20.9 Å². The molecule has 0 aliphatic carbocycles. The van der Waals surface area contributed by atoms with Gasteiger partial charge in [0.1, 0.15) is 11.9 Å². The van der Waals surface area contributed by atoms with Gasteiger partial charge >= 0.3 is 0 Å². The maximum Gasteiger partial charge on any atom is 0.228 e. The minimum Gasteiger partial charge on any atom is -0.497 e. The van der Waals surface area contributed by atoms with Crippen LogP contribution in [0.25, 0.3) is 0 Å². The highest BCUT2D eigenvalue weighted by Gasteiger charge is 2.39. The topological polar surface area (TPSA) is 72.0 Å². The van der Waals surface area contributed by atoms with Crippen LogP contribution in [-0.2, 0) is 9.59 Å². The zero-order valence-corrected chi connectivity index (χ0v) is 17.7. The third-order valence-corrected chi connectivity index (χ3v) is 5.90. The van der Waals surface area contributed by atoms with Crippen molar-refractivity contribution in [1.82, 2.24) is 9.88 Å². The Labute approximate surface area is 177 Å². The van der Waals surface area contributed by atoms with E-state index < -0.39 is 0 Å². The second kappa shape index (κ2) is 8.41. The van der Waals surface area contributed by atoms with Crippen LogP contribution in [0.4, 0.5) is 5.69 Å². The van der Waals surface area contributed by atoms with E-state index in [1.54, 1.807) is 23.1 Å². The summed E-state index contributed by atoms with van der Waals surface area (Å²) in [5.41, 5.74) is 0.757. The fourth-order valence-corrected chi connectivity index (χ4v) is 4.15. The molecule has 2 aromatic rings. The molecule has 2 atom stereocenters. The van der Waals surface area contributed by atoms with Crippen molar-refractivity contribution in [2.45, 2.75) is 18.9 Å². The molecule has 0 saturated carbocycles. The Morgan fingerprint density at radius 1 is 1.24 bits per heavy atom. The predicted molar refractivity (Wildman–Crippen MR) is 111 cm³/mol. The number of amides is 2. The third kappa shape index (κ3) is 4.22. The van der Waals surface area contributed by atoms with E-state index in [0.29, 0.717) is 31.3 Å².